The lowest BCUT2D eigenvalue weighted by Gasteiger charge is -2.29. The third-order valence-electron chi connectivity index (χ3n) is 6.25. The lowest BCUT2D eigenvalue weighted by atomic mass is 10.0. The Labute approximate surface area is 202 Å². The molecule has 0 saturated carbocycles. The Morgan fingerprint density at radius 3 is 2.57 bits per heavy atom. The van der Waals surface area contributed by atoms with Gasteiger partial charge in [0.05, 0.1) is 43.3 Å². The van der Waals surface area contributed by atoms with Gasteiger partial charge in [-0.05, 0) is 48.9 Å². The molecule has 1 N–H and O–H groups in total. The van der Waals surface area contributed by atoms with Gasteiger partial charge in [-0.25, -0.2) is 0 Å². The quantitative estimate of drug-likeness (QED) is 0.269. The van der Waals surface area contributed by atoms with E-state index < -0.39 is 0 Å². The summed E-state index contributed by atoms with van der Waals surface area (Å²) in [7, 11) is 1.58. The van der Waals surface area contributed by atoms with E-state index in [1.54, 1.807) is 13.2 Å². The van der Waals surface area contributed by atoms with Crippen molar-refractivity contribution in [1.29, 1.82) is 0 Å². The normalized spacial score (nSPS) is 14.1. The fourth-order valence-corrected chi connectivity index (χ4v) is 4.43. The molecule has 0 spiro atoms. The maximum absolute atomic E-state index is 13.6. The van der Waals surface area contributed by atoms with Crippen LogP contribution >= 0.6 is 0 Å². The zero-order valence-electron chi connectivity index (χ0n) is 19.6. The summed E-state index contributed by atoms with van der Waals surface area (Å²) in [5.74, 6) is 0.589. The summed E-state index contributed by atoms with van der Waals surface area (Å²) in [5, 5.41) is 18.4. The minimum absolute atomic E-state index is 0.188. The largest absolute Gasteiger partial charge is 0.497 e. The number of anilines is 1. The van der Waals surface area contributed by atoms with E-state index in [1.165, 1.54) is 10.9 Å². The number of morpholine rings is 1. The summed E-state index contributed by atoms with van der Waals surface area (Å²) in [4.78, 5) is 15.9. The fraction of sp³-hybridized carbons (Fsp3) is 0.222. The monoisotopic (exact) mass is 470 g/mol. The summed E-state index contributed by atoms with van der Waals surface area (Å²) in [6.45, 7) is 4.93. The zero-order chi connectivity index (χ0) is 24.4. The van der Waals surface area contributed by atoms with Crippen molar-refractivity contribution in [2.75, 3.05) is 38.3 Å². The molecule has 0 bridgehead atoms. The van der Waals surface area contributed by atoms with Crippen LogP contribution in [0.1, 0.15) is 11.1 Å². The molecule has 0 amide bonds. The van der Waals surface area contributed by atoms with E-state index in [1.807, 2.05) is 55.5 Å². The van der Waals surface area contributed by atoms with Crippen LogP contribution in [-0.2, 0) is 4.74 Å². The topological polar surface area (TPSA) is 89.2 Å². The van der Waals surface area contributed by atoms with Gasteiger partial charge in [0, 0.05) is 35.3 Å². The standard InChI is InChI=1S/C27H26N4O4/c1-18-7-8-21(30-9-11-35-12-10-30)16-25(18)31-27(32)24-6-4-3-5-23(24)26(29-31)20-13-19(17-28-33)14-22(15-20)34-2/h3-8,13-17,33H,9-12H2,1-2H3/b28-17+. The first-order chi connectivity index (χ1) is 17.1. The number of benzene rings is 3. The smallest absolute Gasteiger partial charge is 0.279 e. The van der Waals surface area contributed by atoms with Crippen molar-refractivity contribution >= 4 is 22.7 Å². The molecule has 35 heavy (non-hydrogen) atoms. The number of nitrogens with zero attached hydrogens (tertiary/aromatic N) is 4. The van der Waals surface area contributed by atoms with Gasteiger partial charge in [-0.2, -0.15) is 9.78 Å². The molecule has 1 aromatic heterocycles. The number of aromatic nitrogens is 2. The number of hydrogen-bond acceptors (Lipinski definition) is 7. The second kappa shape index (κ2) is 9.60. The zero-order valence-corrected chi connectivity index (χ0v) is 19.6. The molecule has 0 aliphatic carbocycles. The number of aryl methyl sites for hydroxylation is 1. The molecule has 1 aliphatic rings. The average Bonchev–Trinajstić information content (AvgIpc) is 2.90. The van der Waals surface area contributed by atoms with Crippen molar-refractivity contribution in [3.05, 3.63) is 82.1 Å². The van der Waals surface area contributed by atoms with E-state index in [0.29, 0.717) is 35.6 Å². The lowest BCUT2D eigenvalue weighted by Crippen LogP contribution is -2.36. The van der Waals surface area contributed by atoms with Gasteiger partial charge in [-0.15, -0.1) is 0 Å². The van der Waals surface area contributed by atoms with Crippen molar-refractivity contribution in [3.8, 4) is 22.7 Å². The van der Waals surface area contributed by atoms with Crippen LogP contribution in [0.3, 0.4) is 0 Å². The summed E-state index contributed by atoms with van der Waals surface area (Å²) in [6, 6.07) is 19.0. The molecule has 0 radical (unpaired) electrons. The van der Waals surface area contributed by atoms with Crippen LogP contribution in [0.2, 0.25) is 0 Å². The molecule has 1 aliphatic heterocycles. The summed E-state index contributed by atoms with van der Waals surface area (Å²) < 4.78 is 12.4. The molecule has 4 aromatic rings. The van der Waals surface area contributed by atoms with Gasteiger partial charge in [-0.3, -0.25) is 4.79 Å². The summed E-state index contributed by atoms with van der Waals surface area (Å²) in [6.07, 6.45) is 1.33. The maximum atomic E-state index is 13.6. The van der Waals surface area contributed by atoms with Crippen molar-refractivity contribution in [1.82, 2.24) is 9.78 Å². The number of fused-ring (bicyclic) bond motifs is 1. The van der Waals surface area contributed by atoms with Crippen LogP contribution in [0, 0.1) is 6.92 Å². The molecule has 178 valence electrons. The third-order valence-corrected chi connectivity index (χ3v) is 6.25. The number of oxime groups is 1. The van der Waals surface area contributed by atoms with Crippen molar-refractivity contribution in [2.24, 2.45) is 5.16 Å². The minimum Gasteiger partial charge on any atom is -0.497 e. The van der Waals surface area contributed by atoms with Crippen molar-refractivity contribution < 1.29 is 14.7 Å². The highest BCUT2D eigenvalue weighted by molar-refractivity contribution is 5.95. The predicted molar refractivity (Wildman–Crippen MR) is 136 cm³/mol. The van der Waals surface area contributed by atoms with Crippen molar-refractivity contribution in [2.45, 2.75) is 6.92 Å². The predicted octanol–water partition coefficient (Wildman–Crippen LogP) is 4.01. The molecular formula is C27H26N4O4. The highest BCUT2D eigenvalue weighted by Crippen LogP contribution is 2.30. The SMILES string of the molecule is COc1cc(/C=N/O)cc(-c2nn(-c3cc(N4CCOCC4)ccc3C)c(=O)c3ccccc23)c1. The molecule has 8 nitrogen and oxygen atoms in total. The molecule has 0 atom stereocenters. The highest BCUT2D eigenvalue weighted by atomic mass is 16.5. The molecule has 5 rings (SSSR count). The van der Waals surface area contributed by atoms with Gasteiger partial charge in [0.2, 0.25) is 0 Å². The first-order valence-corrected chi connectivity index (χ1v) is 11.4. The second-order valence-electron chi connectivity index (χ2n) is 8.42. The Morgan fingerprint density at radius 2 is 1.83 bits per heavy atom. The Morgan fingerprint density at radius 1 is 1.06 bits per heavy atom. The van der Waals surface area contributed by atoms with Crippen LogP contribution < -0.4 is 15.2 Å². The fourth-order valence-electron chi connectivity index (χ4n) is 4.43. The molecule has 8 heteroatoms. The van der Waals surface area contributed by atoms with E-state index >= 15 is 0 Å². The summed E-state index contributed by atoms with van der Waals surface area (Å²) in [5.41, 5.74) is 4.53. The highest BCUT2D eigenvalue weighted by Gasteiger charge is 2.18. The maximum Gasteiger partial charge on any atom is 0.279 e. The second-order valence-corrected chi connectivity index (χ2v) is 8.42. The van der Waals surface area contributed by atoms with E-state index in [4.69, 9.17) is 19.8 Å². The number of hydrogen-bond donors (Lipinski definition) is 1. The van der Waals surface area contributed by atoms with Crippen LogP contribution in [-0.4, -0.2) is 54.6 Å². The molecule has 3 aromatic carbocycles. The third kappa shape index (κ3) is 4.36. The minimum atomic E-state index is -0.188. The van der Waals surface area contributed by atoms with Gasteiger partial charge < -0.3 is 19.6 Å². The Hall–Kier alpha value is -4.17. The van der Waals surface area contributed by atoms with Gasteiger partial charge in [0.25, 0.3) is 5.56 Å². The first-order valence-electron chi connectivity index (χ1n) is 11.4. The number of methoxy groups -OCH3 is 1. The van der Waals surface area contributed by atoms with Gasteiger partial charge >= 0.3 is 0 Å². The Bertz CT molecular complexity index is 1470. The molecule has 0 unspecified atom stereocenters. The van der Waals surface area contributed by atoms with Gasteiger partial charge in [0.15, 0.2) is 0 Å². The molecule has 2 heterocycles. The first kappa shape index (κ1) is 22.6. The average molecular weight is 471 g/mol. The van der Waals surface area contributed by atoms with E-state index in [2.05, 4.69) is 16.1 Å². The molecular weight excluding hydrogens is 444 g/mol. The van der Waals surface area contributed by atoms with E-state index in [-0.39, 0.29) is 5.56 Å². The number of rotatable bonds is 5. The lowest BCUT2D eigenvalue weighted by molar-refractivity contribution is 0.122. The summed E-state index contributed by atoms with van der Waals surface area (Å²) >= 11 is 0. The van der Waals surface area contributed by atoms with Crippen LogP contribution in [0.15, 0.2) is 70.6 Å². The van der Waals surface area contributed by atoms with Gasteiger partial charge in [-0.1, -0.05) is 29.4 Å². The van der Waals surface area contributed by atoms with E-state index in [9.17, 15) is 4.79 Å². The Kier molecular flexibility index (Phi) is 6.20. The Balaban J connectivity index is 1.75. The molecule has 1 fully saturated rings. The van der Waals surface area contributed by atoms with Crippen LogP contribution in [0.4, 0.5) is 5.69 Å². The van der Waals surface area contributed by atoms with Crippen LogP contribution in [0.25, 0.3) is 27.7 Å². The van der Waals surface area contributed by atoms with Gasteiger partial charge in [0.1, 0.15) is 5.75 Å². The van der Waals surface area contributed by atoms with Crippen molar-refractivity contribution in [3.63, 3.8) is 0 Å². The van der Waals surface area contributed by atoms with Crippen LogP contribution in [0.5, 0.6) is 5.75 Å². The van der Waals surface area contributed by atoms with E-state index in [0.717, 1.165) is 41.0 Å². The molecule has 1 saturated heterocycles. The number of ether oxygens (including phenoxy) is 2.